The highest BCUT2D eigenvalue weighted by atomic mass is 127. The van der Waals surface area contributed by atoms with Gasteiger partial charge in [0.15, 0.2) is 17.5 Å². The zero-order chi connectivity index (χ0) is 18.9. The van der Waals surface area contributed by atoms with Crippen molar-refractivity contribution >= 4 is 29.9 Å². The third-order valence-corrected chi connectivity index (χ3v) is 3.43. The molecular formula is C16H23F2IN6O2. The van der Waals surface area contributed by atoms with Crippen LogP contribution < -0.4 is 20.1 Å². The van der Waals surface area contributed by atoms with Crippen molar-refractivity contribution in [1.29, 1.82) is 0 Å². The van der Waals surface area contributed by atoms with Crippen LogP contribution >= 0.6 is 24.0 Å². The molecule has 0 aliphatic carbocycles. The zero-order valence-electron chi connectivity index (χ0n) is 15.3. The van der Waals surface area contributed by atoms with Crippen molar-refractivity contribution in [2.75, 3.05) is 13.7 Å². The lowest BCUT2D eigenvalue weighted by atomic mass is 10.2. The van der Waals surface area contributed by atoms with E-state index in [1.54, 1.807) is 23.9 Å². The van der Waals surface area contributed by atoms with E-state index in [4.69, 9.17) is 4.74 Å². The van der Waals surface area contributed by atoms with E-state index >= 15 is 0 Å². The molecule has 0 bridgehead atoms. The highest BCUT2D eigenvalue weighted by molar-refractivity contribution is 14.0. The molecule has 150 valence electrons. The predicted molar refractivity (Wildman–Crippen MR) is 108 cm³/mol. The van der Waals surface area contributed by atoms with Crippen molar-refractivity contribution in [3.8, 4) is 11.5 Å². The van der Waals surface area contributed by atoms with E-state index in [2.05, 4.69) is 30.4 Å². The highest BCUT2D eigenvalue weighted by Crippen LogP contribution is 2.29. The summed E-state index contributed by atoms with van der Waals surface area (Å²) in [5, 5.41) is 10.3. The van der Waals surface area contributed by atoms with Crippen LogP contribution in [0.3, 0.4) is 0 Å². The molecule has 0 radical (unpaired) electrons. The maximum absolute atomic E-state index is 12.5. The molecule has 8 nitrogen and oxygen atoms in total. The Morgan fingerprint density at radius 3 is 2.67 bits per heavy atom. The Hall–Kier alpha value is -2.18. The number of hydrogen-bond donors (Lipinski definition) is 2. The molecule has 0 aliphatic rings. The van der Waals surface area contributed by atoms with E-state index in [-0.39, 0.29) is 42.0 Å². The SMILES string of the molecule is CCNC(=NCc1ccc(OC)c(OC(F)F)c1)NCc1ncnn1C.I. The predicted octanol–water partition coefficient (Wildman–Crippen LogP) is 2.30. The molecule has 1 heterocycles. The standard InChI is InChI=1S/C16H22F2N6O2.HI/c1-4-19-16(21-9-14-22-10-23-24(14)2)20-8-11-5-6-12(25-3)13(7-11)26-15(17)18;/h5-7,10,15H,4,8-9H2,1-3H3,(H2,19,20,21);1H. The van der Waals surface area contributed by atoms with Gasteiger partial charge >= 0.3 is 6.61 Å². The van der Waals surface area contributed by atoms with Crippen molar-refractivity contribution in [3.05, 3.63) is 35.9 Å². The fraction of sp³-hybridized carbons (Fsp3) is 0.438. The van der Waals surface area contributed by atoms with Gasteiger partial charge in [0.1, 0.15) is 12.2 Å². The fourth-order valence-corrected chi connectivity index (χ4v) is 2.16. The van der Waals surface area contributed by atoms with Crippen molar-refractivity contribution in [3.63, 3.8) is 0 Å². The molecule has 0 aliphatic heterocycles. The van der Waals surface area contributed by atoms with Gasteiger partial charge in [-0.1, -0.05) is 6.07 Å². The first-order valence-corrected chi connectivity index (χ1v) is 8.00. The molecule has 27 heavy (non-hydrogen) atoms. The molecule has 0 spiro atoms. The molecule has 0 saturated carbocycles. The number of hydrogen-bond acceptors (Lipinski definition) is 5. The topological polar surface area (TPSA) is 85.6 Å². The van der Waals surface area contributed by atoms with Crippen LogP contribution in [-0.2, 0) is 20.1 Å². The summed E-state index contributed by atoms with van der Waals surface area (Å²) in [4.78, 5) is 8.57. The second-order valence-electron chi connectivity index (χ2n) is 5.21. The Kier molecular flexibility index (Phi) is 9.75. The first-order valence-electron chi connectivity index (χ1n) is 8.00. The number of guanidine groups is 1. The van der Waals surface area contributed by atoms with Crippen LogP contribution in [0.25, 0.3) is 0 Å². The van der Waals surface area contributed by atoms with Crippen molar-refractivity contribution in [2.45, 2.75) is 26.6 Å². The first-order chi connectivity index (χ1) is 12.5. The summed E-state index contributed by atoms with van der Waals surface area (Å²) in [5.74, 6) is 1.55. The molecule has 0 atom stereocenters. The van der Waals surface area contributed by atoms with Crippen LogP contribution in [0.1, 0.15) is 18.3 Å². The molecule has 0 fully saturated rings. The number of ether oxygens (including phenoxy) is 2. The van der Waals surface area contributed by atoms with Crippen molar-refractivity contribution in [2.24, 2.45) is 12.0 Å². The van der Waals surface area contributed by atoms with Gasteiger partial charge in [-0.05, 0) is 24.6 Å². The minimum absolute atomic E-state index is 0. The lowest BCUT2D eigenvalue weighted by molar-refractivity contribution is -0.0512. The van der Waals surface area contributed by atoms with E-state index in [9.17, 15) is 8.78 Å². The zero-order valence-corrected chi connectivity index (χ0v) is 17.6. The number of methoxy groups -OCH3 is 1. The molecular weight excluding hydrogens is 473 g/mol. The molecule has 11 heteroatoms. The highest BCUT2D eigenvalue weighted by Gasteiger charge is 2.11. The van der Waals surface area contributed by atoms with Gasteiger partial charge in [-0.15, -0.1) is 24.0 Å². The number of aromatic nitrogens is 3. The minimum Gasteiger partial charge on any atom is -0.493 e. The van der Waals surface area contributed by atoms with E-state index < -0.39 is 6.61 Å². The summed E-state index contributed by atoms with van der Waals surface area (Å²) < 4.78 is 36.2. The van der Waals surface area contributed by atoms with E-state index in [1.807, 2.05) is 6.92 Å². The third-order valence-electron chi connectivity index (χ3n) is 3.43. The number of alkyl halides is 2. The second kappa shape index (κ2) is 11.5. The van der Waals surface area contributed by atoms with Crippen LogP contribution in [-0.4, -0.2) is 41.0 Å². The number of aliphatic imine (C=N–C) groups is 1. The lowest BCUT2D eigenvalue weighted by Crippen LogP contribution is -2.37. The molecule has 0 amide bonds. The van der Waals surface area contributed by atoms with Gasteiger partial charge in [0.2, 0.25) is 0 Å². The Morgan fingerprint density at radius 2 is 2.07 bits per heavy atom. The number of benzene rings is 1. The number of nitrogens with zero attached hydrogens (tertiary/aromatic N) is 4. The Balaban J connectivity index is 0.00000364. The van der Waals surface area contributed by atoms with E-state index in [0.29, 0.717) is 24.6 Å². The van der Waals surface area contributed by atoms with Crippen LogP contribution in [0.5, 0.6) is 11.5 Å². The quantitative estimate of drug-likeness (QED) is 0.332. The van der Waals surface area contributed by atoms with Crippen LogP contribution in [0.15, 0.2) is 29.5 Å². The fourth-order valence-electron chi connectivity index (χ4n) is 2.16. The lowest BCUT2D eigenvalue weighted by Gasteiger charge is -2.12. The molecule has 1 aromatic carbocycles. The molecule has 0 saturated heterocycles. The van der Waals surface area contributed by atoms with Gasteiger partial charge < -0.3 is 20.1 Å². The normalized spacial score (nSPS) is 11.1. The monoisotopic (exact) mass is 496 g/mol. The summed E-state index contributed by atoms with van der Waals surface area (Å²) >= 11 is 0. The maximum Gasteiger partial charge on any atom is 0.387 e. The van der Waals surface area contributed by atoms with E-state index in [0.717, 1.165) is 5.82 Å². The average molecular weight is 496 g/mol. The van der Waals surface area contributed by atoms with E-state index in [1.165, 1.54) is 19.5 Å². The summed E-state index contributed by atoms with van der Waals surface area (Å²) in [7, 11) is 3.20. The number of aryl methyl sites for hydroxylation is 1. The summed E-state index contributed by atoms with van der Waals surface area (Å²) in [5.41, 5.74) is 0.706. The average Bonchev–Trinajstić information content (AvgIpc) is 3.02. The van der Waals surface area contributed by atoms with Crippen molar-refractivity contribution in [1.82, 2.24) is 25.4 Å². The van der Waals surface area contributed by atoms with Gasteiger partial charge in [-0.3, -0.25) is 4.68 Å². The largest absolute Gasteiger partial charge is 0.493 e. The number of halogens is 3. The van der Waals surface area contributed by atoms with Gasteiger partial charge in [0.25, 0.3) is 0 Å². The third kappa shape index (κ3) is 7.15. The second-order valence-corrected chi connectivity index (χ2v) is 5.21. The van der Waals surface area contributed by atoms with Crippen LogP contribution in [0, 0.1) is 0 Å². The number of rotatable bonds is 8. The van der Waals surface area contributed by atoms with Gasteiger partial charge in [-0.25, -0.2) is 9.98 Å². The van der Waals surface area contributed by atoms with Crippen LogP contribution in [0.4, 0.5) is 8.78 Å². The Morgan fingerprint density at radius 1 is 1.30 bits per heavy atom. The summed E-state index contributed by atoms with van der Waals surface area (Å²) in [6.45, 7) is 0.421. The molecule has 2 N–H and O–H groups in total. The maximum atomic E-state index is 12.5. The Labute approximate surface area is 173 Å². The molecule has 2 rings (SSSR count). The Bertz CT molecular complexity index is 741. The summed E-state index contributed by atoms with van der Waals surface area (Å²) in [6, 6.07) is 4.80. The number of nitrogens with one attached hydrogen (secondary N) is 2. The molecule has 0 unspecified atom stereocenters. The molecule has 1 aromatic heterocycles. The molecule has 2 aromatic rings. The minimum atomic E-state index is -2.92. The van der Waals surface area contributed by atoms with Crippen molar-refractivity contribution < 1.29 is 18.3 Å². The first kappa shape index (κ1) is 22.9. The van der Waals surface area contributed by atoms with Gasteiger partial charge in [0.05, 0.1) is 20.2 Å². The van der Waals surface area contributed by atoms with Gasteiger partial charge in [0, 0.05) is 13.6 Å². The smallest absolute Gasteiger partial charge is 0.387 e. The van der Waals surface area contributed by atoms with Crippen LogP contribution in [0.2, 0.25) is 0 Å². The van der Waals surface area contributed by atoms with Gasteiger partial charge in [-0.2, -0.15) is 13.9 Å². The summed E-state index contributed by atoms with van der Waals surface area (Å²) in [6.07, 6.45) is 1.48.